The molecule has 8 heteroatoms. The number of fused-ring (bicyclic) bond motifs is 2. The van der Waals surface area contributed by atoms with E-state index in [-0.39, 0.29) is 44.3 Å². The number of benzene rings is 3. The Morgan fingerprint density at radius 1 is 0.828 bits per heavy atom. The van der Waals surface area contributed by atoms with E-state index in [1.165, 1.54) is 36.4 Å². The van der Waals surface area contributed by atoms with Crippen LogP contribution in [0.1, 0.15) is 37.4 Å². The van der Waals surface area contributed by atoms with Gasteiger partial charge in [-0.2, -0.15) is 8.42 Å². The molecule has 146 valence electrons. The second-order valence-corrected chi connectivity index (χ2v) is 8.08. The Labute approximate surface area is 166 Å². The molecule has 0 fully saturated rings. The van der Waals surface area contributed by atoms with Crippen molar-refractivity contribution in [2.24, 2.45) is 0 Å². The van der Waals surface area contributed by atoms with Crippen molar-refractivity contribution in [1.82, 2.24) is 0 Å². The summed E-state index contributed by atoms with van der Waals surface area (Å²) in [6.45, 7) is 1.67. The van der Waals surface area contributed by atoms with E-state index in [4.69, 9.17) is 0 Å². The van der Waals surface area contributed by atoms with Gasteiger partial charge in [0.05, 0.1) is 22.5 Å². The Balaban J connectivity index is 1.92. The van der Waals surface area contributed by atoms with Crippen LogP contribution in [0, 0.1) is 6.92 Å². The highest BCUT2D eigenvalue weighted by atomic mass is 32.2. The average Bonchev–Trinajstić information content (AvgIpc) is 2.68. The third-order valence-corrected chi connectivity index (χ3v) is 5.63. The van der Waals surface area contributed by atoms with Crippen LogP contribution in [-0.2, 0) is 10.1 Å². The zero-order chi connectivity index (χ0) is 20.9. The largest absolute Gasteiger partial charge is 0.507 e. The third-order valence-electron chi connectivity index (χ3n) is 4.74. The van der Waals surface area contributed by atoms with E-state index in [1.807, 2.05) is 0 Å². The highest BCUT2D eigenvalue weighted by Gasteiger charge is 2.34. The van der Waals surface area contributed by atoms with Gasteiger partial charge in [0.1, 0.15) is 10.6 Å². The standard InChI is InChI=1S/C21H15NO6S/c1-11-6-7-14(17(10-11)29(26,27)28)22-15-8-9-16(23)19-18(15)20(24)12-4-2-3-5-13(12)21(19)25/h2-10,22-23H,1H3,(H,26,27,28). The Kier molecular flexibility index (Phi) is 4.25. The van der Waals surface area contributed by atoms with E-state index in [1.54, 1.807) is 25.1 Å². The summed E-state index contributed by atoms with van der Waals surface area (Å²) in [5.74, 6) is -1.33. The van der Waals surface area contributed by atoms with Crippen LogP contribution < -0.4 is 5.32 Å². The molecule has 0 aliphatic heterocycles. The molecule has 3 aromatic carbocycles. The summed E-state index contributed by atoms with van der Waals surface area (Å²) in [6, 6.07) is 13.3. The topological polar surface area (TPSA) is 121 Å². The first-order valence-electron chi connectivity index (χ1n) is 8.58. The molecule has 0 heterocycles. The van der Waals surface area contributed by atoms with Crippen molar-refractivity contribution in [3.05, 3.63) is 82.4 Å². The zero-order valence-corrected chi connectivity index (χ0v) is 15.9. The molecule has 4 rings (SSSR count). The second-order valence-electron chi connectivity index (χ2n) is 6.69. The summed E-state index contributed by atoms with van der Waals surface area (Å²) in [5.41, 5.74) is 0.944. The van der Waals surface area contributed by atoms with Gasteiger partial charge in [0, 0.05) is 11.1 Å². The first-order valence-corrected chi connectivity index (χ1v) is 10.0. The lowest BCUT2D eigenvalue weighted by atomic mass is 9.82. The van der Waals surface area contributed by atoms with Crippen LogP contribution >= 0.6 is 0 Å². The molecule has 0 saturated heterocycles. The maximum absolute atomic E-state index is 13.1. The Hall–Kier alpha value is -3.49. The van der Waals surface area contributed by atoms with Crippen molar-refractivity contribution in [2.45, 2.75) is 11.8 Å². The first kappa shape index (κ1) is 18.9. The van der Waals surface area contributed by atoms with Gasteiger partial charge in [0.15, 0.2) is 11.6 Å². The highest BCUT2D eigenvalue weighted by Crippen LogP contribution is 2.38. The number of rotatable bonds is 3. The lowest BCUT2D eigenvalue weighted by Gasteiger charge is -2.22. The average molecular weight is 409 g/mol. The Morgan fingerprint density at radius 2 is 1.41 bits per heavy atom. The minimum absolute atomic E-state index is 0.0325. The van der Waals surface area contributed by atoms with Gasteiger partial charge in [-0.15, -0.1) is 0 Å². The van der Waals surface area contributed by atoms with E-state index < -0.39 is 21.7 Å². The molecule has 3 aromatic rings. The molecule has 0 radical (unpaired) electrons. The van der Waals surface area contributed by atoms with Crippen LogP contribution in [0.4, 0.5) is 11.4 Å². The van der Waals surface area contributed by atoms with Gasteiger partial charge < -0.3 is 10.4 Å². The summed E-state index contributed by atoms with van der Waals surface area (Å²) < 4.78 is 33.1. The van der Waals surface area contributed by atoms with Crippen molar-refractivity contribution in [3.63, 3.8) is 0 Å². The summed E-state index contributed by atoms with van der Waals surface area (Å²) in [4.78, 5) is 25.6. The fraction of sp³-hybridized carbons (Fsp3) is 0.0476. The zero-order valence-electron chi connectivity index (χ0n) is 15.1. The van der Waals surface area contributed by atoms with Crippen molar-refractivity contribution >= 4 is 33.1 Å². The Bertz CT molecular complexity index is 1310. The van der Waals surface area contributed by atoms with Gasteiger partial charge in [0.2, 0.25) is 0 Å². The number of phenols is 1. The summed E-state index contributed by atoms with van der Waals surface area (Å²) in [6.07, 6.45) is 0. The van der Waals surface area contributed by atoms with Gasteiger partial charge in [-0.1, -0.05) is 30.3 Å². The summed E-state index contributed by atoms with van der Waals surface area (Å²) >= 11 is 0. The molecule has 3 N–H and O–H groups in total. The molecule has 1 aliphatic rings. The van der Waals surface area contributed by atoms with Crippen molar-refractivity contribution in [3.8, 4) is 5.75 Å². The molecule has 1 aliphatic carbocycles. The normalized spacial score (nSPS) is 13.0. The maximum atomic E-state index is 13.1. The third kappa shape index (κ3) is 3.08. The summed E-state index contributed by atoms with van der Waals surface area (Å²) in [5, 5.41) is 13.1. The predicted molar refractivity (Wildman–Crippen MR) is 106 cm³/mol. The van der Waals surface area contributed by atoms with E-state index in [2.05, 4.69) is 5.32 Å². The van der Waals surface area contributed by atoms with E-state index in [0.717, 1.165) is 0 Å². The van der Waals surface area contributed by atoms with E-state index in [9.17, 15) is 27.7 Å². The smallest absolute Gasteiger partial charge is 0.296 e. The van der Waals surface area contributed by atoms with Crippen LogP contribution in [0.3, 0.4) is 0 Å². The number of anilines is 2. The van der Waals surface area contributed by atoms with Crippen LogP contribution in [0.2, 0.25) is 0 Å². The van der Waals surface area contributed by atoms with E-state index >= 15 is 0 Å². The van der Waals surface area contributed by atoms with Crippen molar-refractivity contribution in [2.75, 3.05) is 5.32 Å². The van der Waals surface area contributed by atoms with Crippen LogP contribution in [0.15, 0.2) is 59.5 Å². The number of phenolic OH excluding ortho intramolecular Hbond substituents is 1. The number of carbonyl (C=O) groups excluding carboxylic acids is 2. The predicted octanol–water partition coefficient (Wildman–Crippen LogP) is 3.47. The van der Waals surface area contributed by atoms with Gasteiger partial charge >= 0.3 is 0 Å². The monoisotopic (exact) mass is 409 g/mol. The fourth-order valence-electron chi connectivity index (χ4n) is 3.40. The Morgan fingerprint density at radius 3 is 2.03 bits per heavy atom. The number of aryl methyl sites for hydroxylation is 1. The number of ketones is 2. The maximum Gasteiger partial charge on any atom is 0.296 e. The highest BCUT2D eigenvalue weighted by molar-refractivity contribution is 7.86. The van der Waals surface area contributed by atoms with Gasteiger partial charge in [-0.05, 0) is 36.8 Å². The molecular formula is C21H15NO6S. The number of aromatic hydroxyl groups is 1. The fourth-order valence-corrected chi connectivity index (χ4v) is 4.13. The molecule has 0 saturated carbocycles. The van der Waals surface area contributed by atoms with E-state index in [0.29, 0.717) is 5.56 Å². The minimum atomic E-state index is -4.54. The molecule has 0 unspecified atom stereocenters. The molecule has 0 atom stereocenters. The molecule has 7 nitrogen and oxygen atoms in total. The van der Waals surface area contributed by atoms with Gasteiger partial charge in [-0.3, -0.25) is 14.1 Å². The van der Waals surface area contributed by atoms with Crippen molar-refractivity contribution < 1.29 is 27.7 Å². The molecule has 0 spiro atoms. The van der Waals surface area contributed by atoms with Gasteiger partial charge in [-0.25, -0.2) is 0 Å². The molecule has 0 amide bonds. The van der Waals surface area contributed by atoms with Crippen LogP contribution in [0.5, 0.6) is 5.75 Å². The van der Waals surface area contributed by atoms with Crippen molar-refractivity contribution in [1.29, 1.82) is 0 Å². The molecular weight excluding hydrogens is 394 g/mol. The lowest BCUT2D eigenvalue weighted by molar-refractivity contribution is 0.0977. The van der Waals surface area contributed by atoms with Gasteiger partial charge in [0.25, 0.3) is 10.1 Å². The van der Waals surface area contributed by atoms with Crippen LogP contribution in [-0.4, -0.2) is 29.6 Å². The lowest BCUT2D eigenvalue weighted by Crippen LogP contribution is -2.22. The minimum Gasteiger partial charge on any atom is -0.507 e. The molecule has 0 bridgehead atoms. The van der Waals surface area contributed by atoms with Crippen LogP contribution in [0.25, 0.3) is 0 Å². The molecule has 0 aromatic heterocycles. The number of carbonyl (C=O) groups is 2. The number of hydrogen-bond donors (Lipinski definition) is 3. The number of nitrogens with one attached hydrogen (secondary N) is 1. The quantitative estimate of drug-likeness (QED) is 0.350. The SMILES string of the molecule is Cc1ccc(Nc2ccc(O)c3c2C(=O)c2ccccc2C3=O)c(S(=O)(=O)O)c1. The summed E-state index contributed by atoms with van der Waals surface area (Å²) in [7, 11) is -4.54. The second kappa shape index (κ2) is 6.54. The first-order chi connectivity index (χ1) is 13.7. The number of hydrogen-bond acceptors (Lipinski definition) is 6. The molecule has 29 heavy (non-hydrogen) atoms.